The average Bonchev–Trinajstić information content (AvgIpc) is 2.36. The van der Waals surface area contributed by atoms with E-state index in [4.69, 9.17) is 12.2 Å². The van der Waals surface area contributed by atoms with E-state index in [0.29, 0.717) is 6.54 Å². The van der Waals surface area contributed by atoms with E-state index in [9.17, 15) is 4.79 Å². The van der Waals surface area contributed by atoms with Gasteiger partial charge in [-0.1, -0.05) is 5.92 Å². The van der Waals surface area contributed by atoms with Crippen molar-refractivity contribution in [3.05, 3.63) is 0 Å². The summed E-state index contributed by atoms with van der Waals surface area (Å²) in [5, 5.41) is 0. The largest absolute Gasteiger partial charge is 0.340 e. The Hall–Kier alpha value is -1.01. The van der Waals surface area contributed by atoms with Crippen LogP contribution in [0, 0.1) is 12.3 Å². The minimum absolute atomic E-state index is 0.0282. The van der Waals surface area contributed by atoms with Crippen molar-refractivity contribution in [2.24, 2.45) is 5.73 Å². The first kappa shape index (κ1) is 8.09. The Balaban J connectivity index is 2.38. The predicted octanol–water partition coefficient (Wildman–Crippen LogP) is -0.431. The molecule has 1 rings (SSSR count). The van der Waals surface area contributed by atoms with Crippen LogP contribution in [0.1, 0.15) is 12.8 Å². The van der Waals surface area contributed by atoms with Crippen molar-refractivity contribution in [2.45, 2.75) is 18.9 Å². The summed E-state index contributed by atoms with van der Waals surface area (Å²) >= 11 is 0. The fraction of sp³-hybridized carbons (Fsp3) is 0.625. The van der Waals surface area contributed by atoms with E-state index in [1.54, 1.807) is 4.90 Å². The van der Waals surface area contributed by atoms with Crippen molar-refractivity contribution < 1.29 is 4.79 Å². The molecule has 2 N–H and O–H groups in total. The highest BCUT2D eigenvalue weighted by molar-refractivity contribution is 5.78. The monoisotopic (exact) mass is 152 g/mol. The molecule has 3 nitrogen and oxygen atoms in total. The van der Waals surface area contributed by atoms with Crippen LogP contribution in [0.15, 0.2) is 0 Å². The van der Waals surface area contributed by atoms with Gasteiger partial charge in [0, 0.05) is 19.1 Å². The number of carbonyl (C=O) groups is 1. The summed E-state index contributed by atoms with van der Waals surface area (Å²) in [6, 6.07) is 0.150. The molecule has 0 saturated carbocycles. The van der Waals surface area contributed by atoms with Crippen molar-refractivity contribution in [3.8, 4) is 12.3 Å². The fourth-order valence-electron chi connectivity index (χ4n) is 1.21. The summed E-state index contributed by atoms with van der Waals surface area (Å²) in [5.41, 5.74) is 5.61. The zero-order valence-corrected chi connectivity index (χ0v) is 6.42. The maximum Gasteiger partial charge on any atom is 0.234 e. The van der Waals surface area contributed by atoms with Crippen LogP contribution in [0.4, 0.5) is 0 Å². The van der Waals surface area contributed by atoms with E-state index in [2.05, 4.69) is 5.92 Å². The molecule has 0 bridgehead atoms. The molecule has 1 saturated heterocycles. The zero-order valence-electron chi connectivity index (χ0n) is 6.42. The van der Waals surface area contributed by atoms with Gasteiger partial charge in [0.05, 0.1) is 6.42 Å². The lowest BCUT2D eigenvalue weighted by molar-refractivity contribution is -0.129. The molecule has 0 aromatic carbocycles. The van der Waals surface area contributed by atoms with Crippen LogP contribution in [0.5, 0.6) is 0 Å². The first-order chi connectivity index (χ1) is 5.24. The molecule has 1 aliphatic rings. The minimum atomic E-state index is 0.0282. The Kier molecular flexibility index (Phi) is 2.50. The van der Waals surface area contributed by atoms with Gasteiger partial charge in [0.2, 0.25) is 5.91 Å². The number of hydrogen-bond donors (Lipinski definition) is 1. The fourth-order valence-corrected chi connectivity index (χ4v) is 1.21. The quantitative estimate of drug-likeness (QED) is 0.518. The van der Waals surface area contributed by atoms with Gasteiger partial charge in [0.15, 0.2) is 0 Å². The van der Waals surface area contributed by atoms with E-state index in [1.807, 2.05) is 0 Å². The summed E-state index contributed by atoms with van der Waals surface area (Å²) < 4.78 is 0. The lowest BCUT2D eigenvalue weighted by Crippen LogP contribution is -2.31. The Morgan fingerprint density at radius 2 is 2.55 bits per heavy atom. The Bertz CT molecular complexity index is 195. The van der Waals surface area contributed by atoms with Crippen LogP contribution in [0.2, 0.25) is 0 Å². The van der Waals surface area contributed by atoms with Crippen molar-refractivity contribution >= 4 is 5.91 Å². The van der Waals surface area contributed by atoms with Gasteiger partial charge >= 0.3 is 0 Å². The van der Waals surface area contributed by atoms with E-state index in [-0.39, 0.29) is 18.4 Å². The van der Waals surface area contributed by atoms with Crippen molar-refractivity contribution in [1.29, 1.82) is 0 Å². The van der Waals surface area contributed by atoms with Crippen LogP contribution in [0.25, 0.3) is 0 Å². The van der Waals surface area contributed by atoms with Crippen LogP contribution < -0.4 is 5.73 Å². The van der Waals surface area contributed by atoms with E-state index in [0.717, 1.165) is 13.0 Å². The molecule has 1 unspecified atom stereocenters. The average molecular weight is 152 g/mol. The van der Waals surface area contributed by atoms with Crippen LogP contribution in [-0.2, 0) is 4.79 Å². The predicted molar refractivity (Wildman–Crippen MR) is 42.6 cm³/mol. The first-order valence-corrected chi connectivity index (χ1v) is 3.71. The summed E-state index contributed by atoms with van der Waals surface area (Å²) in [6.45, 7) is 1.43. The molecule has 0 aliphatic carbocycles. The molecule has 11 heavy (non-hydrogen) atoms. The number of nitrogens with two attached hydrogens (primary N) is 1. The van der Waals surface area contributed by atoms with Gasteiger partial charge in [0.25, 0.3) is 0 Å². The highest BCUT2D eigenvalue weighted by atomic mass is 16.2. The Labute approximate surface area is 66.5 Å². The highest BCUT2D eigenvalue weighted by Crippen LogP contribution is 2.07. The molecule has 0 aromatic rings. The maximum absolute atomic E-state index is 11.1. The van der Waals surface area contributed by atoms with E-state index < -0.39 is 0 Å². The SMILES string of the molecule is C#CCC(=O)N1CCC(N)C1. The normalized spacial score (nSPS) is 23.3. The molecule has 0 spiro atoms. The second-order valence-electron chi connectivity index (χ2n) is 2.77. The molecule has 60 valence electrons. The van der Waals surface area contributed by atoms with Crippen molar-refractivity contribution in [3.63, 3.8) is 0 Å². The number of nitrogens with zero attached hydrogens (tertiary/aromatic N) is 1. The number of rotatable bonds is 1. The third-order valence-electron chi connectivity index (χ3n) is 1.83. The summed E-state index contributed by atoms with van der Waals surface area (Å²) in [4.78, 5) is 12.8. The molecule has 1 amide bonds. The topological polar surface area (TPSA) is 46.3 Å². The van der Waals surface area contributed by atoms with E-state index >= 15 is 0 Å². The van der Waals surface area contributed by atoms with Crippen molar-refractivity contribution in [2.75, 3.05) is 13.1 Å². The molecule has 0 radical (unpaired) electrons. The number of terminal acetylenes is 1. The molecule has 1 fully saturated rings. The van der Waals surface area contributed by atoms with Gasteiger partial charge in [-0.3, -0.25) is 4.79 Å². The van der Waals surface area contributed by atoms with Gasteiger partial charge in [-0.05, 0) is 6.42 Å². The highest BCUT2D eigenvalue weighted by Gasteiger charge is 2.22. The minimum Gasteiger partial charge on any atom is -0.340 e. The molecular weight excluding hydrogens is 140 g/mol. The second-order valence-corrected chi connectivity index (χ2v) is 2.77. The Morgan fingerprint density at radius 3 is 3.00 bits per heavy atom. The lowest BCUT2D eigenvalue weighted by atomic mass is 10.3. The lowest BCUT2D eigenvalue weighted by Gasteiger charge is -2.13. The van der Waals surface area contributed by atoms with Gasteiger partial charge < -0.3 is 10.6 Å². The smallest absolute Gasteiger partial charge is 0.234 e. The third kappa shape index (κ3) is 1.95. The van der Waals surface area contributed by atoms with Crippen molar-refractivity contribution in [1.82, 2.24) is 4.90 Å². The first-order valence-electron chi connectivity index (χ1n) is 3.71. The molecular formula is C8H12N2O. The third-order valence-corrected chi connectivity index (χ3v) is 1.83. The molecule has 3 heteroatoms. The van der Waals surface area contributed by atoms with Crippen LogP contribution >= 0.6 is 0 Å². The molecule has 0 aromatic heterocycles. The van der Waals surface area contributed by atoms with Gasteiger partial charge in [-0.15, -0.1) is 6.42 Å². The van der Waals surface area contributed by atoms with Crippen LogP contribution in [0.3, 0.4) is 0 Å². The van der Waals surface area contributed by atoms with Gasteiger partial charge in [0.1, 0.15) is 0 Å². The van der Waals surface area contributed by atoms with Crippen LogP contribution in [-0.4, -0.2) is 29.9 Å². The van der Waals surface area contributed by atoms with Gasteiger partial charge in [-0.2, -0.15) is 0 Å². The number of amides is 1. The summed E-state index contributed by atoms with van der Waals surface area (Å²) in [5.74, 6) is 2.36. The number of carbonyl (C=O) groups excluding carboxylic acids is 1. The number of likely N-dealkylation sites (tertiary alicyclic amines) is 1. The number of hydrogen-bond acceptors (Lipinski definition) is 2. The summed E-state index contributed by atoms with van der Waals surface area (Å²) in [6.07, 6.45) is 6.10. The maximum atomic E-state index is 11.1. The standard InChI is InChI=1S/C8H12N2O/c1-2-3-8(11)10-5-4-7(9)6-10/h1,7H,3-6,9H2. The zero-order chi connectivity index (χ0) is 8.27. The Morgan fingerprint density at radius 1 is 1.82 bits per heavy atom. The molecule has 1 aliphatic heterocycles. The second kappa shape index (κ2) is 3.40. The molecule has 1 heterocycles. The van der Waals surface area contributed by atoms with Gasteiger partial charge in [-0.25, -0.2) is 0 Å². The summed E-state index contributed by atoms with van der Waals surface area (Å²) in [7, 11) is 0. The molecule has 1 atom stereocenters. The van der Waals surface area contributed by atoms with E-state index in [1.165, 1.54) is 0 Å².